The van der Waals surface area contributed by atoms with Crippen molar-refractivity contribution in [2.24, 2.45) is 0 Å². The molecule has 3 rings (SSSR count). The molecule has 2 aromatic rings. The van der Waals surface area contributed by atoms with Crippen LogP contribution in [0, 0.1) is 10.1 Å². The summed E-state index contributed by atoms with van der Waals surface area (Å²) in [5, 5.41) is 13.8. The van der Waals surface area contributed by atoms with Crippen LogP contribution in [-0.4, -0.2) is 66.9 Å². The van der Waals surface area contributed by atoms with E-state index in [0.29, 0.717) is 22.3 Å². The van der Waals surface area contributed by atoms with E-state index < -0.39 is 26.4 Å². The van der Waals surface area contributed by atoms with Gasteiger partial charge in [-0.1, -0.05) is 23.9 Å². The number of benzene rings is 2. The van der Waals surface area contributed by atoms with Gasteiger partial charge in [-0.3, -0.25) is 19.8 Å². The molecule has 0 aromatic heterocycles. The lowest BCUT2D eigenvalue weighted by Gasteiger charge is -2.33. The summed E-state index contributed by atoms with van der Waals surface area (Å²) >= 11 is 0.412. The largest absolute Gasteiger partial charge is 0.325 e. The smallest absolute Gasteiger partial charge is 0.289 e. The van der Waals surface area contributed by atoms with E-state index in [2.05, 4.69) is 5.32 Å². The van der Waals surface area contributed by atoms with Gasteiger partial charge in [-0.15, -0.1) is 0 Å². The summed E-state index contributed by atoms with van der Waals surface area (Å²) in [5.74, 6) is -2.85. The first-order valence-electron chi connectivity index (χ1n) is 9.47. The fraction of sp³-hybridized carbons (Fsp3) is 0.316. The van der Waals surface area contributed by atoms with Crippen LogP contribution in [-0.2, 0) is 14.8 Å². The number of nitrogens with zero attached hydrogens (tertiary/aromatic N) is 3. The van der Waals surface area contributed by atoms with E-state index in [1.807, 2.05) is 0 Å². The van der Waals surface area contributed by atoms with Gasteiger partial charge in [-0.2, -0.15) is 13.1 Å². The normalized spacial score (nSPS) is 15.6. The van der Waals surface area contributed by atoms with E-state index in [0.717, 1.165) is 6.07 Å². The minimum Gasteiger partial charge on any atom is -0.325 e. The summed E-state index contributed by atoms with van der Waals surface area (Å²) in [7, 11) is -4.04. The van der Waals surface area contributed by atoms with Gasteiger partial charge in [0.05, 0.1) is 11.5 Å². The first-order chi connectivity index (χ1) is 15.2. The summed E-state index contributed by atoms with van der Waals surface area (Å²) in [6.45, 7) is 0.740. The molecule has 13 heteroatoms. The highest BCUT2D eigenvalue weighted by atomic mass is 32.2. The van der Waals surface area contributed by atoms with Crippen LogP contribution < -0.4 is 5.32 Å². The predicted molar refractivity (Wildman–Crippen MR) is 115 cm³/mol. The van der Waals surface area contributed by atoms with Gasteiger partial charge in [-0.05, 0) is 30.3 Å². The summed E-state index contributed by atoms with van der Waals surface area (Å²) in [5.41, 5.74) is -0.0153. The molecule has 0 spiro atoms. The molecule has 0 radical (unpaired) electrons. The van der Waals surface area contributed by atoms with Crippen LogP contribution >= 0.6 is 11.8 Å². The van der Waals surface area contributed by atoms with Gasteiger partial charge in [0.2, 0.25) is 15.9 Å². The third-order valence-corrected chi connectivity index (χ3v) is 7.41. The Kier molecular flexibility index (Phi) is 7.77. The van der Waals surface area contributed by atoms with E-state index >= 15 is 0 Å². The molecule has 1 amide bonds. The highest BCUT2D eigenvalue weighted by Gasteiger charge is 2.33. The van der Waals surface area contributed by atoms with Crippen molar-refractivity contribution in [2.75, 3.05) is 38.0 Å². The maximum atomic E-state index is 12.9. The zero-order chi connectivity index (χ0) is 23.3. The van der Waals surface area contributed by atoms with E-state index in [4.69, 9.17) is 0 Å². The van der Waals surface area contributed by atoms with Crippen LogP contribution in [0.25, 0.3) is 0 Å². The highest BCUT2D eigenvalue weighted by Crippen LogP contribution is 2.27. The van der Waals surface area contributed by atoms with E-state index in [9.17, 15) is 32.1 Å². The molecule has 1 saturated heterocycles. The second kappa shape index (κ2) is 10.3. The molecular formula is C19H20F2N4O5S2. The summed E-state index contributed by atoms with van der Waals surface area (Å²) in [4.78, 5) is 24.5. The van der Waals surface area contributed by atoms with Gasteiger partial charge in [0.15, 0.2) is 4.90 Å². The molecule has 0 saturated carbocycles. The SMILES string of the molecule is O=C(CN1CCN(S(=O)(=O)c2ccccc2[N+](=O)[O-])CC1)Nc1ccc(SC(F)F)cc1. The molecule has 0 atom stereocenters. The quantitative estimate of drug-likeness (QED) is 0.347. The van der Waals surface area contributed by atoms with Gasteiger partial charge >= 0.3 is 0 Å². The lowest BCUT2D eigenvalue weighted by molar-refractivity contribution is -0.387. The molecule has 1 heterocycles. The molecule has 0 unspecified atom stereocenters. The molecule has 1 fully saturated rings. The number of carbonyl (C=O) groups is 1. The van der Waals surface area contributed by atoms with Crippen molar-refractivity contribution < 1.29 is 26.9 Å². The summed E-state index contributed by atoms with van der Waals surface area (Å²) in [6, 6.07) is 11.2. The monoisotopic (exact) mass is 486 g/mol. The number of rotatable bonds is 8. The van der Waals surface area contributed by atoms with Crippen molar-refractivity contribution >= 4 is 39.1 Å². The van der Waals surface area contributed by atoms with Crippen molar-refractivity contribution in [3.63, 3.8) is 0 Å². The fourth-order valence-corrected chi connectivity index (χ4v) is 5.30. The Morgan fingerprint density at radius 2 is 1.72 bits per heavy atom. The average Bonchev–Trinajstić information content (AvgIpc) is 2.75. The topological polar surface area (TPSA) is 113 Å². The summed E-state index contributed by atoms with van der Waals surface area (Å²) in [6.07, 6.45) is 0. The Morgan fingerprint density at radius 1 is 1.09 bits per heavy atom. The Morgan fingerprint density at radius 3 is 2.31 bits per heavy atom. The van der Waals surface area contributed by atoms with Crippen molar-refractivity contribution in [2.45, 2.75) is 15.5 Å². The maximum absolute atomic E-state index is 12.9. The Hall–Kier alpha value is -2.61. The van der Waals surface area contributed by atoms with Gasteiger partial charge in [0, 0.05) is 42.8 Å². The number of para-hydroxylation sites is 1. The number of sulfonamides is 1. The number of hydrogen-bond acceptors (Lipinski definition) is 7. The Labute approximate surface area is 187 Å². The number of hydrogen-bond donors (Lipinski definition) is 1. The number of nitro groups is 1. The van der Waals surface area contributed by atoms with Crippen molar-refractivity contribution in [3.8, 4) is 0 Å². The second-order valence-electron chi connectivity index (χ2n) is 6.86. The molecule has 9 nitrogen and oxygen atoms in total. The lowest BCUT2D eigenvalue weighted by atomic mass is 10.3. The number of amides is 1. The van der Waals surface area contributed by atoms with Gasteiger partial charge < -0.3 is 5.32 Å². The van der Waals surface area contributed by atoms with Crippen LogP contribution in [0.1, 0.15) is 0 Å². The third kappa shape index (κ3) is 6.00. The number of carbonyl (C=O) groups excluding carboxylic acids is 1. The maximum Gasteiger partial charge on any atom is 0.289 e. The minimum atomic E-state index is -4.04. The fourth-order valence-electron chi connectivity index (χ4n) is 3.22. The molecule has 0 bridgehead atoms. The van der Waals surface area contributed by atoms with E-state index in [1.165, 1.54) is 46.8 Å². The van der Waals surface area contributed by atoms with Crippen LogP contribution in [0.3, 0.4) is 0 Å². The Bertz CT molecular complexity index is 1080. The molecule has 1 aliphatic heterocycles. The Balaban J connectivity index is 1.54. The number of piperazine rings is 1. The molecule has 32 heavy (non-hydrogen) atoms. The number of thioether (sulfide) groups is 1. The van der Waals surface area contributed by atoms with E-state index in [-0.39, 0.29) is 43.5 Å². The molecule has 2 aromatic carbocycles. The molecule has 1 N–H and O–H groups in total. The van der Waals surface area contributed by atoms with Crippen LogP contribution in [0.4, 0.5) is 20.2 Å². The molecule has 172 valence electrons. The highest BCUT2D eigenvalue weighted by molar-refractivity contribution is 7.99. The van der Waals surface area contributed by atoms with Crippen LogP contribution in [0.5, 0.6) is 0 Å². The van der Waals surface area contributed by atoms with E-state index in [1.54, 1.807) is 4.90 Å². The van der Waals surface area contributed by atoms with Crippen molar-refractivity contribution in [1.29, 1.82) is 0 Å². The van der Waals surface area contributed by atoms with Crippen molar-refractivity contribution in [3.05, 3.63) is 58.6 Å². The van der Waals surface area contributed by atoms with Crippen LogP contribution in [0.15, 0.2) is 58.3 Å². The molecule has 1 aliphatic rings. The minimum absolute atomic E-state index is 0.0207. The first kappa shape index (κ1) is 24.0. The second-order valence-corrected chi connectivity index (χ2v) is 9.83. The third-order valence-electron chi connectivity index (χ3n) is 4.74. The van der Waals surface area contributed by atoms with Gasteiger partial charge in [-0.25, -0.2) is 8.42 Å². The number of halogens is 2. The number of alkyl halides is 2. The van der Waals surface area contributed by atoms with Gasteiger partial charge in [0.25, 0.3) is 11.4 Å². The number of anilines is 1. The number of nitro benzene ring substituents is 1. The van der Waals surface area contributed by atoms with Crippen molar-refractivity contribution in [1.82, 2.24) is 9.21 Å². The van der Waals surface area contributed by atoms with Crippen LogP contribution in [0.2, 0.25) is 0 Å². The number of nitrogens with one attached hydrogen (secondary N) is 1. The standard InChI is InChI=1S/C19H20F2N4O5S2/c20-19(21)31-15-7-5-14(6-8-15)22-18(26)13-23-9-11-24(12-10-23)32(29,30)17-4-2-1-3-16(17)25(27)28/h1-8,19H,9-13H2,(H,22,26). The zero-order valence-corrected chi connectivity index (χ0v) is 18.3. The molecular weight excluding hydrogens is 466 g/mol. The average molecular weight is 487 g/mol. The first-order valence-corrected chi connectivity index (χ1v) is 11.8. The predicted octanol–water partition coefficient (Wildman–Crippen LogP) is 2.85. The van der Waals surface area contributed by atoms with Gasteiger partial charge in [0.1, 0.15) is 0 Å². The molecule has 0 aliphatic carbocycles. The summed E-state index contributed by atoms with van der Waals surface area (Å²) < 4.78 is 51.6. The zero-order valence-electron chi connectivity index (χ0n) is 16.7. The lowest BCUT2D eigenvalue weighted by Crippen LogP contribution is -2.50.